The maximum Gasteiger partial charge on any atom is 0.255 e. The molecule has 1 aliphatic heterocycles. The van der Waals surface area contributed by atoms with Gasteiger partial charge in [0.15, 0.2) is 5.65 Å². The summed E-state index contributed by atoms with van der Waals surface area (Å²) in [4.78, 5) is 21.5. The van der Waals surface area contributed by atoms with Crippen molar-refractivity contribution in [3.05, 3.63) is 41.4 Å². The Kier molecular flexibility index (Phi) is 6.48. The fourth-order valence-electron chi connectivity index (χ4n) is 3.34. The number of carbonyl (C=O) groups is 1. The Morgan fingerprint density at radius 3 is 2.85 bits per heavy atom. The highest BCUT2D eigenvalue weighted by molar-refractivity contribution is 6.30. The number of pyridine rings is 1. The van der Waals surface area contributed by atoms with E-state index in [1.54, 1.807) is 18.5 Å². The third-order valence-corrected chi connectivity index (χ3v) is 5.54. The summed E-state index contributed by atoms with van der Waals surface area (Å²) in [5, 5.41) is 30.2. The quantitative estimate of drug-likeness (QED) is 0.401. The Morgan fingerprint density at radius 1 is 1.36 bits per heavy atom. The molecule has 1 fully saturated rings. The molecule has 0 radical (unpaired) electrons. The Balaban J connectivity index is 1.66. The molecule has 1 aliphatic rings. The smallest absolute Gasteiger partial charge is 0.255 e. The first-order valence-corrected chi connectivity index (χ1v) is 10.7. The van der Waals surface area contributed by atoms with Crippen LogP contribution in [0.25, 0.3) is 16.9 Å². The standard InChI is InChI=1S/C21H24ClFN6O4/c1-21(2,32)18(23)7-26-20(31)13-5-24-14(3-15(13)28-16-9-33-10-17(16)30)12-6-27-29-8-11(22)4-25-19(12)29/h3-6,8,16-18,30,32H,7,9-10H2,1-2H3,(H,24,28)(H,26,31)/t16-,17-,18-/m1/s1. The number of carbonyl (C=O) groups excluding carboxylic acids is 1. The number of anilines is 1. The van der Waals surface area contributed by atoms with Gasteiger partial charge in [0.1, 0.15) is 6.17 Å². The molecule has 33 heavy (non-hydrogen) atoms. The number of amides is 1. The van der Waals surface area contributed by atoms with E-state index in [2.05, 4.69) is 25.7 Å². The van der Waals surface area contributed by atoms with Crippen LogP contribution in [0.4, 0.5) is 10.1 Å². The number of hydrogen-bond donors (Lipinski definition) is 4. The molecule has 3 atom stereocenters. The molecule has 0 aromatic carbocycles. The fourth-order valence-corrected chi connectivity index (χ4v) is 3.48. The maximum atomic E-state index is 14.1. The number of hydrogen-bond acceptors (Lipinski definition) is 8. The average molecular weight is 479 g/mol. The van der Waals surface area contributed by atoms with Crippen LogP contribution < -0.4 is 10.6 Å². The van der Waals surface area contributed by atoms with Crippen LogP contribution in [-0.2, 0) is 4.74 Å². The topological polar surface area (TPSA) is 134 Å². The van der Waals surface area contributed by atoms with Crippen LogP contribution in [-0.4, -0.2) is 79.4 Å². The summed E-state index contributed by atoms with van der Waals surface area (Å²) < 4.78 is 20.9. The van der Waals surface area contributed by atoms with E-state index in [1.807, 2.05) is 0 Å². The summed E-state index contributed by atoms with van der Waals surface area (Å²) in [7, 11) is 0. The third-order valence-electron chi connectivity index (χ3n) is 5.35. The average Bonchev–Trinajstić information content (AvgIpc) is 3.36. The second-order valence-corrected chi connectivity index (χ2v) is 8.84. The summed E-state index contributed by atoms with van der Waals surface area (Å²) in [5.74, 6) is -0.582. The van der Waals surface area contributed by atoms with E-state index < -0.39 is 29.8 Å². The van der Waals surface area contributed by atoms with Crippen molar-refractivity contribution in [2.24, 2.45) is 0 Å². The molecule has 12 heteroatoms. The van der Waals surface area contributed by atoms with E-state index in [1.165, 1.54) is 30.8 Å². The van der Waals surface area contributed by atoms with Crippen molar-refractivity contribution < 1.29 is 24.1 Å². The lowest BCUT2D eigenvalue weighted by molar-refractivity contribution is -0.00177. The predicted octanol–water partition coefficient (Wildman–Crippen LogP) is 1.46. The molecule has 10 nitrogen and oxygen atoms in total. The predicted molar refractivity (Wildman–Crippen MR) is 119 cm³/mol. The van der Waals surface area contributed by atoms with Gasteiger partial charge in [-0.3, -0.25) is 9.78 Å². The zero-order chi connectivity index (χ0) is 23.8. The summed E-state index contributed by atoms with van der Waals surface area (Å²) in [6.07, 6.45) is 3.61. The van der Waals surface area contributed by atoms with E-state index in [4.69, 9.17) is 16.3 Å². The molecule has 176 valence electrons. The molecule has 1 saturated heterocycles. The van der Waals surface area contributed by atoms with E-state index in [0.717, 1.165) is 0 Å². The van der Waals surface area contributed by atoms with Crippen LogP contribution in [0.3, 0.4) is 0 Å². The highest BCUT2D eigenvalue weighted by Crippen LogP contribution is 2.28. The van der Waals surface area contributed by atoms with Crippen molar-refractivity contribution in [1.82, 2.24) is 24.9 Å². The molecule has 4 heterocycles. The maximum absolute atomic E-state index is 14.1. The van der Waals surface area contributed by atoms with Crippen molar-refractivity contribution in [3.8, 4) is 11.3 Å². The molecule has 0 spiro atoms. The number of ether oxygens (including phenoxy) is 1. The summed E-state index contributed by atoms with van der Waals surface area (Å²) in [6.45, 7) is 2.70. The van der Waals surface area contributed by atoms with Gasteiger partial charge in [0, 0.05) is 12.4 Å². The van der Waals surface area contributed by atoms with Gasteiger partial charge < -0.3 is 25.6 Å². The zero-order valence-corrected chi connectivity index (χ0v) is 18.8. The first kappa shape index (κ1) is 23.3. The SMILES string of the molecule is CC(C)(O)[C@H](F)CNC(=O)c1cnc(-c2cnn3cc(Cl)cnc23)cc1N[C@@H]1COC[C@H]1O. The summed E-state index contributed by atoms with van der Waals surface area (Å²) in [5.41, 5.74) is 0.529. The van der Waals surface area contributed by atoms with E-state index in [9.17, 15) is 19.4 Å². The minimum atomic E-state index is -1.66. The number of nitrogens with one attached hydrogen (secondary N) is 2. The monoisotopic (exact) mass is 478 g/mol. The summed E-state index contributed by atoms with van der Waals surface area (Å²) >= 11 is 5.97. The van der Waals surface area contributed by atoms with Crippen molar-refractivity contribution >= 4 is 28.8 Å². The van der Waals surface area contributed by atoms with Gasteiger partial charge in [-0.1, -0.05) is 11.6 Å². The highest BCUT2D eigenvalue weighted by atomic mass is 35.5. The van der Waals surface area contributed by atoms with Gasteiger partial charge in [-0.2, -0.15) is 5.10 Å². The Hall–Kier alpha value is -2.86. The van der Waals surface area contributed by atoms with Crippen LogP contribution in [0.5, 0.6) is 0 Å². The minimum absolute atomic E-state index is 0.147. The van der Waals surface area contributed by atoms with Gasteiger partial charge in [0.2, 0.25) is 0 Å². The minimum Gasteiger partial charge on any atom is -0.388 e. The molecule has 0 bridgehead atoms. The molecule has 0 saturated carbocycles. The highest BCUT2D eigenvalue weighted by Gasteiger charge is 2.29. The van der Waals surface area contributed by atoms with Crippen molar-refractivity contribution in [2.75, 3.05) is 25.1 Å². The number of alkyl halides is 1. The molecule has 3 aromatic heterocycles. The lowest BCUT2D eigenvalue weighted by atomic mass is 10.0. The lowest BCUT2D eigenvalue weighted by Gasteiger charge is -2.23. The second kappa shape index (κ2) is 9.18. The first-order chi connectivity index (χ1) is 15.6. The second-order valence-electron chi connectivity index (χ2n) is 8.40. The van der Waals surface area contributed by atoms with Gasteiger partial charge in [0.25, 0.3) is 5.91 Å². The number of fused-ring (bicyclic) bond motifs is 1. The molecule has 1 amide bonds. The molecule has 4 N–H and O–H groups in total. The first-order valence-electron chi connectivity index (χ1n) is 10.3. The van der Waals surface area contributed by atoms with Crippen LogP contribution >= 0.6 is 11.6 Å². The number of aliphatic hydroxyl groups excluding tert-OH is 1. The van der Waals surface area contributed by atoms with Crippen molar-refractivity contribution in [1.29, 1.82) is 0 Å². The zero-order valence-electron chi connectivity index (χ0n) is 18.0. The third kappa shape index (κ3) is 5.06. The van der Waals surface area contributed by atoms with Gasteiger partial charge in [-0.05, 0) is 19.9 Å². The van der Waals surface area contributed by atoms with Crippen LogP contribution in [0.1, 0.15) is 24.2 Å². The molecular formula is C21H24ClFN6O4. The Bertz CT molecular complexity index is 1170. The normalized spacial score (nSPS) is 19.6. The van der Waals surface area contributed by atoms with Crippen molar-refractivity contribution in [3.63, 3.8) is 0 Å². The Labute approximate surface area is 193 Å². The number of aromatic nitrogens is 4. The van der Waals surface area contributed by atoms with E-state index >= 15 is 0 Å². The molecule has 3 aromatic rings. The van der Waals surface area contributed by atoms with Gasteiger partial charge in [-0.15, -0.1) is 0 Å². The van der Waals surface area contributed by atoms with Crippen LogP contribution in [0.2, 0.25) is 5.02 Å². The van der Waals surface area contributed by atoms with Gasteiger partial charge >= 0.3 is 0 Å². The molecule has 0 aliphatic carbocycles. The number of nitrogens with zero attached hydrogens (tertiary/aromatic N) is 4. The molecule has 4 rings (SSSR count). The number of halogens is 2. The largest absolute Gasteiger partial charge is 0.388 e. The lowest BCUT2D eigenvalue weighted by Crippen LogP contribution is -2.42. The Morgan fingerprint density at radius 2 is 2.15 bits per heavy atom. The van der Waals surface area contributed by atoms with Gasteiger partial charge in [0.05, 0.1) is 77.4 Å². The fraction of sp³-hybridized carbons (Fsp3) is 0.429. The number of rotatable bonds is 7. The summed E-state index contributed by atoms with van der Waals surface area (Å²) in [6, 6.07) is 1.19. The van der Waals surface area contributed by atoms with Crippen LogP contribution in [0.15, 0.2) is 30.9 Å². The molecule has 0 unspecified atom stereocenters. The van der Waals surface area contributed by atoms with E-state index in [-0.39, 0.29) is 25.3 Å². The van der Waals surface area contributed by atoms with E-state index in [0.29, 0.717) is 27.6 Å². The van der Waals surface area contributed by atoms with Crippen LogP contribution in [0, 0.1) is 0 Å². The molecular weight excluding hydrogens is 455 g/mol. The number of aliphatic hydroxyl groups is 2. The van der Waals surface area contributed by atoms with Gasteiger partial charge in [-0.25, -0.2) is 13.9 Å². The van der Waals surface area contributed by atoms with Crippen molar-refractivity contribution in [2.45, 2.75) is 37.8 Å².